The van der Waals surface area contributed by atoms with Gasteiger partial charge in [0.1, 0.15) is 11.9 Å². The van der Waals surface area contributed by atoms with Gasteiger partial charge in [0.15, 0.2) is 0 Å². The van der Waals surface area contributed by atoms with Crippen LogP contribution in [0.25, 0.3) is 11.1 Å². The number of hydrogen-bond acceptors (Lipinski definition) is 4. The number of hydrogen-bond donors (Lipinski definition) is 0. The Morgan fingerprint density at radius 1 is 0.722 bits per heavy atom. The fourth-order valence-corrected chi connectivity index (χ4v) is 13.6. The number of nitrogens with zero attached hydrogens (tertiary/aromatic N) is 1. The summed E-state index contributed by atoms with van der Waals surface area (Å²) in [5.41, 5.74) is 4.66. The minimum atomic E-state index is -0.0150. The zero-order chi connectivity index (χ0) is 39.0. The predicted octanol–water partition coefficient (Wildman–Crippen LogP) is 13.8. The maximum absolute atomic E-state index is 13.2. The van der Waals surface area contributed by atoms with Crippen LogP contribution in [0.5, 0.6) is 5.75 Å². The van der Waals surface area contributed by atoms with Gasteiger partial charge in [-0.05, 0) is 163 Å². The lowest BCUT2D eigenvalue weighted by Gasteiger charge is -2.77. The Hall–Kier alpha value is -2.80. The van der Waals surface area contributed by atoms with Crippen LogP contribution in [0.15, 0.2) is 48.5 Å². The van der Waals surface area contributed by atoms with Gasteiger partial charge >= 0.3 is 5.97 Å². The Morgan fingerprint density at radius 3 is 2.02 bits per heavy atom. The van der Waals surface area contributed by atoms with E-state index in [9.17, 15) is 4.79 Å². The molecule has 0 radical (unpaired) electrons. The fraction of sp³-hybridized carbons (Fsp3) is 0.720. The minimum absolute atomic E-state index is 0.0150. The molecule has 9 atom stereocenters. The molecule has 2 aromatic rings. The monoisotopic (exact) mass is 736 g/mol. The highest BCUT2D eigenvalue weighted by Crippen LogP contribution is 2.84. The van der Waals surface area contributed by atoms with E-state index >= 15 is 0 Å². The van der Waals surface area contributed by atoms with Gasteiger partial charge in [-0.3, -0.25) is 4.79 Å². The summed E-state index contributed by atoms with van der Waals surface area (Å²) in [6.45, 7) is 24.2. The summed E-state index contributed by atoms with van der Waals surface area (Å²) in [5.74, 6) is 3.31. The van der Waals surface area contributed by atoms with Gasteiger partial charge in [-0.15, -0.1) is 0 Å². The Labute approximate surface area is 329 Å². The van der Waals surface area contributed by atoms with Gasteiger partial charge in [0.2, 0.25) is 0 Å². The second kappa shape index (κ2) is 15.6. The Kier molecular flexibility index (Phi) is 11.8. The van der Waals surface area contributed by atoms with Crippen LogP contribution in [0.4, 0.5) is 0 Å². The summed E-state index contributed by atoms with van der Waals surface area (Å²) >= 11 is 0. The number of benzene rings is 2. The smallest absolute Gasteiger partial charge is 0.306 e. The van der Waals surface area contributed by atoms with Gasteiger partial charge < -0.3 is 9.47 Å². The molecule has 4 fully saturated rings. The topological polar surface area (TPSA) is 59.3 Å². The molecule has 0 N–H and O–H groups in total. The van der Waals surface area contributed by atoms with Gasteiger partial charge in [-0.2, -0.15) is 5.26 Å². The minimum Gasteiger partial charge on any atom is -0.494 e. The first-order valence-electron chi connectivity index (χ1n) is 22.0. The maximum atomic E-state index is 13.2. The molecule has 296 valence electrons. The van der Waals surface area contributed by atoms with Gasteiger partial charge in [0.05, 0.1) is 18.2 Å². The van der Waals surface area contributed by atoms with Crippen LogP contribution in [0, 0.1) is 61.6 Å². The highest BCUT2D eigenvalue weighted by molar-refractivity contribution is 5.69. The van der Waals surface area contributed by atoms with Crippen LogP contribution < -0.4 is 4.74 Å². The van der Waals surface area contributed by atoms with Crippen LogP contribution in [-0.2, 0) is 9.53 Å². The molecule has 4 nitrogen and oxygen atoms in total. The van der Waals surface area contributed by atoms with E-state index in [0.717, 1.165) is 66.7 Å². The first kappa shape index (κ1) is 40.9. The SMILES string of the molecule is CC(C)CCC[C@@H](C)C1CC[C@@]2(C)[C@]3(C)CC[C@@]4(C)CC(OC(=O)CCCCCOc5ccc(-c6ccc(C#N)cc6)cc5)CC[C@]4(C)[C@@]3(C)CC[C@]12C. The average Bonchev–Trinajstić information content (AvgIpc) is 3.43. The summed E-state index contributed by atoms with van der Waals surface area (Å²) in [6.07, 6.45) is 18.7. The molecule has 4 heteroatoms. The molecule has 4 aliphatic rings. The summed E-state index contributed by atoms with van der Waals surface area (Å²) in [6, 6.07) is 17.9. The van der Waals surface area contributed by atoms with Crippen molar-refractivity contribution in [2.75, 3.05) is 6.61 Å². The number of fused-ring (bicyclic) bond motifs is 5. The number of carbonyl (C=O) groups excluding carboxylic acids is 1. The van der Waals surface area contributed by atoms with E-state index in [-0.39, 0.29) is 28.3 Å². The van der Waals surface area contributed by atoms with E-state index < -0.39 is 0 Å². The van der Waals surface area contributed by atoms with Crippen LogP contribution in [0.3, 0.4) is 0 Å². The van der Waals surface area contributed by atoms with Crippen molar-refractivity contribution in [3.8, 4) is 22.9 Å². The third-order valence-corrected chi connectivity index (χ3v) is 17.9. The van der Waals surface area contributed by atoms with Gasteiger partial charge in [0, 0.05) is 6.42 Å². The summed E-state index contributed by atoms with van der Waals surface area (Å²) in [5, 5.41) is 9.04. The molecule has 4 saturated carbocycles. The predicted molar refractivity (Wildman–Crippen MR) is 222 cm³/mol. The zero-order valence-corrected chi connectivity index (χ0v) is 35.6. The molecule has 0 bridgehead atoms. The van der Waals surface area contributed by atoms with Crippen molar-refractivity contribution >= 4 is 5.97 Å². The Morgan fingerprint density at radius 2 is 1.35 bits per heavy atom. The van der Waals surface area contributed by atoms with Crippen LogP contribution in [0.1, 0.15) is 171 Å². The molecule has 6 rings (SSSR count). The fourth-order valence-electron chi connectivity index (χ4n) is 13.6. The van der Waals surface area contributed by atoms with Crippen molar-refractivity contribution in [3.05, 3.63) is 54.1 Å². The molecule has 2 unspecified atom stereocenters. The van der Waals surface area contributed by atoms with Gasteiger partial charge in [0.25, 0.3) is 0 Å². The van der Waals surface area contributed by atoms with E-state index in [4.69, 9.17) is 14.7 Å². The van der Waals surface area contributed by atoms with Crippen LogP contribution >= 0.6 is 0 Å². The molecule has 0 amide bonds. The van der Waals surface area contributed by atoms with Crippen molar-refractivity contribution < 1.29 is 14.3 Å². The number of nitriles is 1. The van der Waals surface area contributed by atoms with Crippen molar-refractivity contribution in [2.45, 2.75) is 171 Å². The second-order valence-electron chi connectivity index (χ2n) is 20.5. The van der Waals surface area contributed by atoms with Crippen LogP contribution in [0.2, 0.25) is 0 Å². The number of carbonyl (C=O) groups is 1. The normalized spacial score (nSPS) is 36.4. The van der Waals surface area contributed by atoms with Crippen molar-refractivity contribution in [1.82, 2.24) is 0 Å². The molecule has 2 aromatic carbocycles. The number of esters is 1. The highest BCUT2D eigenvalue weighted by Gasteiger charge is 2.76. The Bertz CT molecular complexity index is 1640. The summed E-state index contributed by atoms with van der Waals surface area (Å²) in [4.78, 5) is 13.2. The highest BCUT2D eigenvalue weighted by atomic mass is 16.5. The Balaban J connectivity index is 0.977. The van der Waals surface area contributed by atoms with E-state index in [1.54, 1.807) is 0 Å². The van der Waals surface area contributed by atoms with Gasteiger partial charge in [-0.1, -0.05) is 106 Å². The number of unbranched alkanes of at least 4 members (excludes halogenated alkanes) is 2. The molecule has 0 aliphatic heterocycles. The third kappa shape index (κ3) is 6.95. The van der Waals surface area contributed by atoms with Gasteiger partial charge in [-0.25, -0.2) is 0 Å². The lowest BCUT2D eigenvalue weighted by atomic mass is 9.27. The lowest BCUT2D eigenvalue weighted by molar-refractivity contribution is -0.291. The zero-order valence-electron chi connectivity index (χ0n) is 35.6. The molecular formula is C50H73NO3. The first-order chi connectivity index (χ1) is 25.5. The summed E-state index contributed by atoms with van der Waals surface area (Å²) < 4.78 is 12.3. The van der Waals surface area contributed by atoms with Crippen molar-refractivity contribution in [3.63, 3.8) is 0 Å². The maximum Gasteiger partial charge on any atom is 0.306 e. The quantitative estimate of drug-likeness (QED) is 0.143. The molecule has 0 saturated heterocycles. The van der Waals surface area contributed by atoms with E-state index in [2.05, 4.69) is 80.5 Å². The number of ether oxygens (including phenoxy) is 2. The standard InChI is InChI=1S/C50H73NO3/c1-36(2)14-13-15-37(3)43-26-28-48(7)46(43,5)30-32-49(8)47(6)27-25-42(34-45(47,4)29-31-50(48,49)9)54-44(52)16-11-10-12-33-53-41-23-21-40(22-24-41)39-19-17-38(35-51)18-20-39/h17-24,36-37,42-43H,10-16,25-34H2,1-9H3/t37-,42?,43?,45+,46-,47+,48-,49-,50+/m1/s1. The molecule has 0 aromatic heterocycles. The lowest BCUT2D eigenvalue weighted by Crippen LogP contribution is -2.70. The van der Waals surface area contributed by atoms with E-state index in [1.165, 1.54) is 64.2 Å². The third-order valence-electron chi connectivity index (χ3n) is 17.9. The first-order valence-corrected chi connectivity index (χ1v) is 22.0. The van der Waals surface area contributed by atoms with Crippen LogP contribution in [-0.4, -0.2) is 18.7 Å². The van der Waals surface area contributed by atoms with Crippen molar-refractivity contribution in [2.24, 2.45) is 50.2 Å². The van der Waals surface area contributed by atoms with Crippen molar-refractivity contribution in [1.29, 1.82) is 5.26 Å². The molecule has 54 heavy (non-hydrogen) atoms. The summed E-state index contributed by atoms with van der Waals surface area (Å²) in [7, 11) is 0. The second-order valence-corrected chi connectivity index (χ2v) is 20.5. The number of rotatable bonds is 14. The van der Waals surface area contributed by atoms with E-state index in [1.807, 2.05) is 36.4 Å². The van der Waals surface area contributed by atoms with E-state index in [0.29, 0.717) is 34.8 Å². The molecular weight excluding hydrogens is 663 g/mol. The average molecular weight is 736 g/mol. The molecule has 0 spiro atoms. The molecule has 0 heterocycles. The largest absolute Gasteiger partial charge is 0.494 e. The molecule has 4 aliphatic carbocycles.